The third-order valence-corrected chi connectivity index (χ3v) is 23.8. The minimum atomic E-state index is -0.140. The van der Waals surface area contributed by atoms with Gasteiger partial charge in [-0.25, -0.2) is 8.78 Å². The number of rotatable bonds is 10. The first-order valence-corrected chi connectivity index (χ1v) is 45.4. The van der Waals surface area contributed by atoms with Gasteiger partial charge in [0.2, 0.25) is 0 Å². The van der Waals surface area contributed by atoms with Crippen LogP contribution < -0.4 is 0 Å². The standard InChI is InChI=1S/C14H16.2C12H14S.C11H15F.C11H13N.C11H16.C10H13Br.C10H13Cl.C10H13F.C10H14/c1-10(2)14-9-13-7-5-4-6-12(13)8-11(14)3;1-8(2)11-7-10-4-5-13-12(10)6-9(11)3;1-8(2)11-7-12-10(4-5-13-12)6-9(11)3;1-7(2)10-6-11(12)9(4)5-8(10)3;1-8(2)11-5-4-10(7-12)6-9(11)3;1-8(2)11-6-5-9(3)7-10(11)4;2*1-7(2)10-5-4-9(11)6-8(10)3;1-7(2)10-6-9(11)5-4-8(10)3;1-8(2)10-7-5-4-6-9(10)3/h4-10H,1-3H3;2*4-8H,1-3H3;5-7H,1-4H3;4-6,8H,1-3H3;5-8H,1-4H3;3*4-7H,1-3H3;4-8H,1-3H3. The molecule has 7 heteroatoms. The molecule has 0 saturated heterocycles. The molecule has 0 spiro atoms. The summed E-state index contributed by atoms with van der Waals surface area (Å²) in [6, 6.07) is 71.0. The van der Waals surface area contributed by atoms with E-state index in [1.807, 2.05) is 79.0 Å². The fourth-order valence-corrected chi connectivity index (χ4v) is 17.3. The van der Waals surface area contributed by atoms with Crippen LogP contribution in [0.15, 0.2) is 215 Å². The van der Waals surface area contributed by atoms with E-state index in [1.165, 1.54) is 147 Å². The second kappa shape index (κ2) is 50.1. The van der Waals surface area contributed by atoms with Gasteiger partial charge >= 0.3 is 0 Å². The molecule has 11 aromatic carbocycles. The SMILES string of the molecule is Cc1cc(Br)ccc1C(C)C.Cc1cc(C#N)ccc1C(C)C.Cc1cc(C)c(C(C)C)cc1F.Cc1cc(Cl)ccc1C(C)C.Cc1cc2ccccc2cc1C(C)C.Cc1cc2ccsc2cc1C(C)C.Cc1cc2sccc2cc1C(C)C.Cc1ccc(C(C)C)c(C)c1.Cc1ccc(F)cc1C(C)C.Cc1ccccc1C(C)C. The zero-order valence-corrected chi connectivity index (χ0v) is 81.7. The molecule has 118 heavy (non-hydrogen) atoms. The fraction of sp³-hybridized carbons (Fsp3) is 0.378. The predicted octanol–water partition coefficient (Wildman–Crippen LogP) is 36.9. The van der Waals surface area contributed by atoms with Crippen LogP contribution in [0.5, 0.6) is 0 Å². The van der Waals surface area contributed by atoms with Crippen molar-refractivity contribution in [2.45, 2.75) is 281 Å². The number of hydrogen-bond donors (Lipinski definition) is 0. The zero-order chi connectivity index (χ0) is 88.7. The summed E-state index contributed by atoms with van der Waals surface area (Å²) in [5.41, 5.74) is 29.8. The molecule has 0 aliphatic rings. The molecule has 1 nitrogen and oxygen atoms in total. The van der Waals surface area contributed by atoms with E-state index >= 15 is 0 Å². The molecule has 0 bridgehead atoms. The van der Waals surface area contributed by atoms with E-state index in [4.69, 9.17) is 16.9 Å². The second-order valence-electron chi connectivity index (χ2n) is 34.8. The van der Waals surface area contributed by atoms with Gasteiger partial charge < -0.3 is 0 Å². The summed E-state index contributed by atoms with van der Waals surface area (Å²) in [4.78, 5) is 0. The van der Waals surface area contributed by atoms with Crippen molar-refractivity contribution < 1.29 is 8.78 Å². The molecular weight excluding hydrogens is 1560 g/mol. The monoisotopic (exact) mass is 1700 g/mol. The Bertz CT molecular complexity index is 5080. The van der Waals surface area contributed by atoms with Crippen molar-refractivity contribution in [3.05, 3.63) is 360 Å². The van der Waals surface area contributed by atoms with E-state index in [9.17, 15) is 8.78 Å². The second-order valence-corrected chi connectivity index (χ2v) is 38.0. The van der Waals surface area contributed by atoms with Crippen LogP contribution in [0.3, 0.4) is 0 Å². The molecule has 13 aromatic rings. The van der Waals surface area contributed by atoms with Gasteiger partial charge in [0.25, 0.3) is 0 Å². The summed E-state index contributed by atoms with van der Waals surface area (Å²) in [7, 11) is 0. The number of nitriles is 1. The highest BCUT2D eigenvalue weighted by atomic mass is 79.9. The van der Waals surface area contributed by atoms with Gasteiger partial charge in [0.05, 0.1) is 11.6 Å². The van der Waals surface area contributed by atoms with Crippen molar-refractivity contribution in [2.75, 3.05) is 0 Å². The predicted molar refractivity (Wildman–Crippen MR) is 528 cm³/mol. The molecule has 0 fully saturated rings. The van der Waals surface area contributed by atoms with Crippen LogP contribution in [0.1, 0.15) is 326 Å². The minimum absolute atomic E-state index is 0.0932. The van der Waals surface area contributed by atoms with Crippen molar-refractivity contribution in [2.24, 2.45) is 0 Å². The molecule has 0 saturated carbocycles. The van der Waals surface area contributed by atoms with Crippen LogP contribution in [0, 0.1) is 106 Å². The number of fused-ring (bicyclic) bond motifs is 3. The lowest BCUT2D eigenvalue weighted by molar-refractivity contribution is 0.613. The smallest absolute Gasteiger partial charge is 0.126 e. The summed E-state index contributed by atoms with van der Waals surface area (Å²) in [5.74, 6) is 5.51. The van der Waals surface area contributed by atoms with Gasteiger partial charge in [-0.3, -0.25) is 0 Å². The lowest BCUT2D eigenvalue weighted by atomic mass is 9.94. The maximum atomic E-state index is 13.1. The van der Waals surface area contributed by atoms with Gasteiger partial charge in [-0.05, 0) is 376 Å². The molecule has 0 amide bonds. The van der Waals surface area contributed by atoms with Crippen molar-refractivity contribution in [1.82, 2.24) is 0 Å². The Balaban J connectivity index is 0.000000276. The number of halogens is 4. The third-order valence-electron chi connectivity index (χ3n) is 21.3. The molecule has 630 valence electrons. The molecule has 0 aliphatic carbocycles. The van der Waals surface area contributed by atoms with Crippen LogP contribution in [-0.2, 0) is 0 Å². The highest BCUT2D eigenvalue weighted by molar-refractivity contribution is 9.10. The van der Waals surface area contributed by atoms with Crippen LogP contribution in [0.4, 0.5) is 8.78 Å². The largest absolute Gasteiger partial charge is 0.207 e. The average molecular weight is 1710 g/mol. The van der Waals surface area contributed by atoms with E-state index in [-0.39, 0.29) is 11.6 Å². The van der Waals surface area contributed by atoms with Crippen LogP contribution in [0.2, 0.25) is 5.02 Å². The van der Waals surface area contributed by atoms with Gasteiger partial charge in [0.15, 0.2) is 0 Å². The molecule has 0 aliphatic heterocycles. The number of thiophene rings is 2. The molecule has 0 atom stereocenters. The Morgan fingerprint density at radius 2 is 0.627 bits per heavy atom. The van der Waals surface area contributed by atoms with Crippen molar-refractivity contribution in [3.8, 4) is 6.07 Å². The van der Waals surface area contributed by atoms with E-state index in [0.717, 1.165) is 27.3 Å². The summed E-state index contributed by atoms with van der Waals surface area (Å²) in [5, 5.41) is 19.2. The number of aryl methyl sites for hydroxylation is 12. The summed E-state index contributed by atoms with van der Waals surface area (Å²) in [6.07, 6.45) is 0. The van der Waals surface area contributed by atoms with Gasteiger partial charge in [-0.15, -0.1) is 22.7 Å². The van der Waals surface area contributed by atoms with Crippen LogP contribution in [0.25, 0.3) is 30.9 Å². The van der Waals surface area contributed by atoms with Crippen LogP contribution >= 0.6 is 50.2 Å². The summed E-state index contributed by atoms with van der Waals surface area (Å²) in [6.45, 7) is 69.1. The molecule has 0 N–H and O–H groups in total. The molecule has 2 aromatic heterocycles. The lowest BCUT2D eigenvalue weighted by Crippen LogP contribution is -1.95. The summed E-state index contributed by atoms with van der Waals surface area (Å²) >= 11 is 12.9. The van der Waals surface area contributed by atoms with E-state index in [0.29, 0.717) is 59.2 Å². The first kappa shape index (κ1) is 102. The van der Waals surface area contributed by atoms with Crippen molar-refractivity contribution in [3.63, 3.8) is 0 Å². The van der Waals surface area contributed by atoms with E-state index in [1.54, 1.807) is 19.1 Å². The van der Waals surface area contributed by atoms with Gasteiger partial charge in [0.1, 0.15) is 11.6 Å². The van der Waals surface area contributed by atoms with Crippen molar-refractivity contribution in [1.29, 1.82) is 5.26 Å². The minimum Gasteiger partial charge on any atom is -0.207 e. The van der Waals surface area contributed by atoms with Crippen molar-refractivity contribution >= 4 is 81.1 Å². The first-order chi connectivity index (χ1) is 55.4. The van der Waals surface area contributed by atoms with E-state index < -0.39 is 0 Å². The Morgan fingerprint density at radius 3 is 1.08 bits per heavy atom. The topological polar surface area (TPSA) is 23.8 Å². The normalized spacial score (nSPS) is 10.8. The fourth-order valence-electron chi connectivity index (χ4n) is 14.9. The third kappa shape index (κ3) is 33.0. The first-order valence-electron chi connectivity index (χ1n) is 42.5. The highest BCUT2D eigenvalue weighted by Gasteiger charge is 2.13. The maximum absolute atomic E-state index is 13.1. The molecule has 2 heterocycles. The zero-order valence-electron chi connectivity index (χ0n) is 77.8. The van der Waals surface area contributed by atoms with E-state index in [2.05, 4.69) is 373 Å². The Hall–Kier alpha value is -8.28. The van der Waals surface area contributed by atoms with Gasteiger partial charge in [-0.2, -0.15) is 5.26 Å². The quantitative estimate of drug-likeness (QED) is 0.134. The molecule has 0 unspecified atom stereocenters. The maximum Gasteiger partial charge on any atom is 0.126 e. The Morgan fingerprint density at radius 1 is 0.280 bits per heavy atom. The van der Waals surface area contributed by atoms with Gasteiger partial charge in [-0.1, -0.05) is 287 Å². The highest BCUT2D eigenvalue weighted by Crippen LogP contribution is 2.33. The number of benzene rings is 11. The molecular formula is C111H141BrClF2NS2. The number of nitrogens with zero attached hydrogens (tertiary/aromatic N) is 1. The average Bonchev–Trinajstić information content (AvgIpc) is 1.66. The Kier molecular flexibility index (Phi) is 43.3. The lowest BCUT2D eigenvalue weighted by Gasteiger charge is -2.11. The Labute approximate surface area is 736 Å². The van der Waals surface area contributed by atoms with Gasteiger partial charge in [0, 0.05) is 18.9 Å². The summed E-state index contributed by atoms with van der Waals surface area (Å²) < 4.78 is 29.8. The van der Waals surface area contributed by atoms with Crippen LogP contribution in [-0.4, -0.2) is 0 Å². The number of hydrogen-bond acceptors (Lipinski definition) is 3. The molecule has 0 radical (unpaired) electrons. The molecule has 13 rings (SSSR count).